The Kier molecular flexibility index (Phi) is 4.53. The van der Waals surface area contributed by atoms with Crippen LogP contribution in [0.2, 0.25) is 0 Å². The predicted octanol–water partition coefficient (Wildman–Crippen LogP) is 2.66. The van der Waals surface area contributed by atoms with Crippen molar-refractivity contribution < 1.29 is 4.79 Å². The summed E-state index contributed by atoms with van der Waals surface area (Å²) in [7, 11) is 1.80. The van der Waals surface area contributed by atoms with Crippen molar-refractivity contribution in [2.24, 2.45) is 5.73 Å². The zero-order valence-corrected chi connectivity index (χ0v) is 12.0. The third-order valence-electron chi connectivity index (χ3n) is 3.42. The number of aryl methyl sites for hydroxylation is 1. The first-order valence-electron chi connectivity index (χ1n) is 6.72. The molecule has 0 aromatic heterocycles. The van der Waals surface area contributed by atoms with Crippen LogP contribution >= 0.6 is 0 Å². The SMILES string of the molecule is Cc1ccc(CC(=O)N(C)c2ccccc2CN)cc1. The molecule has 0 radical (unpaired) electrons. The van der Waals surface area contributed by atoms with Gasteiger partial charge in [-0.1, -0.05) is 48.0 Å². The fraction of sp³-hybridized carbons (Fsp3) is 0.235. The van der Waals surface area contributed by atoms with Crippen molar-refractivity contribution in [2.75, 3.05) is 11.9 Å². The van der Waals surface area contributed by atoms with Crippen molar-refractivity contribution in [1.29, 1.82) is 0 Å². The Bertz CT molecular complexity index is 590. The number of benzene rings is 2. The molecule has 0 aliphatic rings. The standard InChI is InChI=1S/C17H20N2O/c1-13-7-9-14(10-8-13)11-17(20)19(2)16-6-4-3-5-15(16)12-18/h3-10H,11-12,18H2,1-2H3. The van der Waals surface area contributed by atoms with E-state index in [2.05, 4.69) is 0 Å². The molecular formula is C17H20N2O. The normalized spacial score (nSPS) is 10.3. The molecular weight excluding hydrogens is 248 g/mol. The van der Waals surface area contributed by atoms with Crippen LogP contribution < -0.4 is 10.6 Å². The molecule has 1 amide bonds. The van der Waals surface area contributed by atoms with Crippen LogP contribution in [0.5, 0.6) is 0 Å². The number of carbonyl (C=O) groups is 1. The number of amides is 1. The van der Waals surface area contributed by atoms with Crippen LogP contribution in [0, 0.1) is 6.92 Å². The molecule has 2 aromatic rings. The van der Waals surface area contributed by atoms with Gasteiger partial charge in [-0.15, -0.1) is 0 Å². The molecule has 104 valence electrons. The van der Waals surface area contributed by atoms with E-state index in [0.717, 1.165) is 16.8 Å². The maximum absolute atomic E-state index is 12.4. The van der Waals surface area contributed by atoms with Crippen molar-refractivity contribution in [1.82, 2.24) is 0 Å². The van der Waals surface area contributed by atoms with E-state index in [1.54, 1.807) is 11.9 Å². The molecule has 2 N–H and O–H groups in total. The molecule has 0 aliphatic heterocycles. The number of carbonyl (C=O) groups excluding carboxylic acids is 1. The van der Waals surface area contributed by atoms with Gasteiger partial charge in [0.15, 0.2) is 0 Å². The van der Waals surface area contributed by atoms with E-state index in [-0.39, 0.29) is 5.91 Å². The second kappa shape index (κ2) is 6.35. The van der Waals surface area contributed by atoms with Gasteiger partial charge in [-0.25, -0.2) is 0 Å². The van der Waals surface area contributed by atoms with Gasteiger partial charge in [0.1, 0.15) is 0 Å². The molecule has 0 saturated carbocycles. The number of likely N-dealkylation sites (N-methyl/N-ethyl adjacent to an activating group) is 1. The molecule has 0 saturated heterocycles. The highest BCUT2D eigenvalue weighted by molar-refractivity contribution is 5.94. The van der Waals surface area contributed by atoms with Gasteiger partial charge in [0, 0.05) is 19.3 Å². The molecule has 0 heterocycles. The van der Waals surface area contributed by atoms with Crippen LogP contribution in [0.25, 0.3) is 0 Å². The summed E-state index contributed by atoms with van der Waals surface area (Å²) in [5, 5.41) is 0. The zero-order chi connectivity index (χ0) is 14.5. The summed E-state index contributed by atoms with van der Waals surface area (Å²) in [5.41, 5.74) is 9.80. The number of nitrogens with zero attached hydrogens (tertiary/aromatic N) is 1. The summed E-state index contributed by atoms with van der Waals surface area (Å²) in [4.78, 5) is 14.0. The van der Waals surface area contributed by atoms with E-state index in [1.807, 2.05) is 55.5 Å². The Morgan fingerprint density at radius 3 is 2.40 bits per heavy atom. The van der Waals surface area contributed by atoms with Crippen molar-refractivity contribution >= 4 is 11.6 Å². The Hall–Kier alpha value is -2.13. The molecule has 0 fully saturated rings. The van der Waals surface area contributed by atoms with Crippen LogP contribution in [0.15, 0.2) is 48.5 Å². The average molecular weight is 268 g/mol. The number of hydrogen-bond acceptors (Lipinski definition) is 2. The molecule has 0 bridgehead atoms. The topological polar surface area (TPSA) is 46.3 Å². The predicted molar refractivity (Wildman–Crippen MR) is 82.6 cm³/mol. The van der Waals surface area contributed by atoms with E-state index in [4.69, 9.17) is 5.73 Å². The van der Waals surface area contributed by atoms with Crippen molar-refractivity contribution in [3.8, 4) is 0 Å². The lowest BCUT2D eigenvalue weighted by Crippen LogP contribution is -2.29. The molecule has 2 aromatic carbocycles. The first-order chi connectivity index (χ1) is 9.61. The molecule has 20 heavy (non-hydrogen) atoms. The van der Waals surface area contributed by atoms with Gasteiger partial charge >= 0.3 is 0 Å². The lowest BCUT2D eigenvalue weighted by atomic mass is 10.1. The van der Waals surface area contributed by atoms with E-state index in [0.29, 0.717) is 13.0 Å². The summed E-state index contributed by atoms with van der Waals surface area (Å²) in [6.45, 7) is 2.47. The summed E-state index contributed by atoms with van der Waals surface area (Å²) in [6.07, 6.45) is 0.398. The molecule has 3 heteroatoms. The van der Waals surface area contributed by atoms with E-state index < -0.39 is 0 Å². The lowest BCUT2D eigenvalue weighted by molar-refractivity contribution is -0.117. The molecule has 0 unspecified atom stereocenters. The van der Waals surface area contributed by atoms with Crippen molar-refractivity contribution in [3.63, 3.8) is 0 Å². The zero-order valence-electron chi connectivity index (χ0n) is 12.0. The third kappa shape index (κ3) is 3.25. The number of para-hydroxylation sites is 1. The lowest BCUT2D eigenvalue weighted by Gasteiger charge is -2.20. The van der Waals surface area contributed by atoms with Gasteiger partial charge in [-0.05, 0) is 24.1 Å². The van der Waals surface area contributed by atoms with E-state index >= 15 is 0 Å². The second-order valence-corrected chi connectivity index (χ2v) is 4.95. The molecule has 0 spiro atoms. The monoisotopic (exact) mass is 268 g/mol. The van der Waals surface area contributed by atoms with Crippen LogP contribution in [-0.2, 0) is 17.8 Å². The number of anilines is 1. The van der Waals surface area contributed by atoms with Gasteiger partial charge in [0.05, 0.1) is 6.42 Å². The summed E-state index contributed by atoms with van der Waals surface area (Å²) < 4.78 is 0. The van der Waals surface area contributed by atoms with Crippen LogP contribution in [0.4, 0.5) is 5.69 Å². The van der Waals surface area contributed by atoms with Crippen LogP contribution in [0.3, 0.4) is 0 Å². The smallest absolute Gasteiger partial charge is 0.231 e. The maximum Gasteiger partial charge on any atom is 0.231 e. The third-order valence-corrected chi connectivity index (χ3v) is 3.42. The minimum Gasteiger partial charge on any atom is -0.326 e. The minimum atomic E-state index is 0.0646. The van der Waals surface area contributed by atoms with E-state index in [9.17, 15) is 4.79 Å². The molecule has 3 nitrogen and oxygen atoms in total. The Balaban J connectivity index is 2.14. The highest BCUT2D eigenvalue weighted by Crippen LogP contribution is 2.19. The fourth-order valence-corrected chi connectivity index (χ4v) is 2.14. The van der Waals surface area contributed by atoms with Gasteiger partial charge in [0.2, 0.25) is 5.91 Å². The first kappa shape index (κ1) is 14.3. The van der Waals surface area contributed by atoms with Crippen LogP contribution in [0.1, 0.15) is 16.7 Å². The van der Waals surface area contributed by atoms with Gasteiger partial charge < -0.3 is 10.6 Å². The van der Waals surface area contributed by atoms with Crippen LogP contribution in [-0.4, -0.2) is 13.0 Å². The molecule has 2 rings (SSSR count). The average Bonchev–Trinajstić information content (AvgIpc) is 2.48. The minimum absolute atomic E-state index is 0.0646. The number of nitrogens with two attached hydrogens (primary N) is 1. The number of rotatable bonds is 4. The van der Waals surface area contributed by atoms with Gasteiger partial charge in [-0.2, -0.15) is 0 Å². The maximum atomic E-state index is 12.4. The largest absolute Gasteiger partial charge is 0.326 e. The van der Waals surface area contributed by atoms with Gasteiger partial charge in [0.25, 0.3) is 0 Å². The highest BCUT2D eigenvalue weighted by Gasteiger charge is 2.14. The highest BCUT2D eigenvalue weighted by atomic mass is 16.2. The quantitative estimate of drug-likeness (QED) is 0.926. The number of hydrogen-bond donors (Lipinski definition) is 1. The molecule has 0 aliphatic carbocycles. The Morgan fingerprint density at radius 2 is 1.75 bits per heavy atom. The fourth-order valence-electron chi connectivity index (χ4n) is 2.14. The van der Waals surface area contributed by atoms with Gasteiger partial charge in [-0.3, -0.25) is 4.79 Å². The van der Waals surface area contributed by atoms with E-state index in [1.165, 1.54) is 5.56 Å². The Labute approximate surface area is 120 Å². The Morgan fingerprint density at radius 1 is 1.10 bits per heavy atom. The van der Waals surface area contributed by atoms with Crippen molar-refractivity contribution in [2.45, 2.75) is 19.9 Å². The summed E-state index contributed by atoms with van der Waals surface area (Å²) in [5.74, 6) is 0.0646. The van der Waals surface area contributed by atoms with Crippen molar-refractivity contribution in [3.05, 3.63) is 65.2 Å². The summed E-state index contributed by atoms with van der Waals surface area (Å²) >= 11 is 0. The first-order valence-corrected chi connectivity index (χ1v) is 6.72. The molecule has 0 atom stereocenters. The summed E-state index contributed by atoms with van der Waals surface area (Å²) in [6, 6.07) is 15.8. The second-order valence-electron chi connectivity index (χ2n) is 4.95.